The fourth-order valence-corrected chi connectivity index (χ4v) is 4.11. The lowest BCUT2D eigenvalue weighted by atomic mass is 9.81. The Morgan fingerprint density at radius 3 is 2.54 bits per heavy atom. The Bertz CT molecular complexity index is 914. The lowest BCUT2D eigenvalue weighted by molar-refractivity contribution is -0.114. The van der Waals surface area contributed by atoms with E-state index in [1.165, 1.54) is 6.92 Å². The molecule has 0 bridgehead atoms. The molecule has 1 aromatic rings. The number of carbonyl (C=O) groups excluding carboxylic acids is 1. The maximum absolute atomic E-state index is 12.4. The van der Waals surface area contributed by atoms with Crippen molar-refractivity contribution in [1.82, 2.24) is 0 Å². The Hall–Kier alpha value is -1.98. The number of ketones is 1. The van der Waals surface area contributed by atoms with Crippen molar-refractivity contribution in [1.29, 1.82) is 5.26 Å². The summed E-state index contributed by atoms with van der Waals surface area (Å²) in [7, 11) is 0. The van der Waals surface area contributed by atoms with E-state index in [-0.39, 0.29) is 23.3 Å². The van der Waals surface area contributed by atoms with E-state index in [0.29, 0.717) is 43.9 Å². The van der Waals surface area contributed by atoms with Crippen molar-refractivity contribution in [3.05, 3.63) is 43.4 Å². The Morgan fingerprint density at radius 2 is 2.04 bits per heavy atom. The zero-order valence-electron chi connectivity index (χ0n) is 16.4. The minimum absolute atomic E-state index is 0.0153. The molecule has 0 spiro atoms. The van der Waals surface area contributed by atoms with Crippen LogP contribution in [0.4, 0.5) is 0 Å². The largest absolute Gasteiger partial charge is 0.490 e. The number of carbonyl (C=O) groups is 1. The molecule has 0 radical (unpaired) electrons. The average molecular weight is 514 g/mol. The molecule has 0 unspecified atom stereocenters. The zero-order chi connectivity index (χ0) is 21.2. The van der Waals surface area contributed by atoms with Gasteiger partial charge in [0.2, 0.25) is 5.88 Å². The molecule has 8 heteroatoms. The summed E-state index contributed by atoms with van der Waals surface area (Å²) in [5, 5.41) is 9.70. The molecule has 0 aromatic heterocycles. The smallest absolute Gasteiger partial charge is 0.205 e. The Balaban J connectivity index is 2.82. The molecular weight excluding hydrogens is 492 g/mol. The van der Waals surface area contributed by atoms with E-state index in [9.17, 15) is 10.1 Å². The molecule has 0 amide bonds. The molecule has 0 saturated carbocycles. The minimum atomic E-state index is -0.686. The fraction of sp³-hybridized carbons (Fsp3) is 0.400. The molecule has 1 atom stereocenters. The van der Waals surface area contributed by atoms with Gasteiger partial charge in [0.1, 0.15) is 17.4 Å². The number of Topliss-reactive ketones (excluding diaryl/α,β-unsaturated/α-hetero) is 1. The second-order valence-electron chi connectivity index (χ2n) is 6.47. The second-order valence-corrected chi connectivity index (χ2v) is 8.06. The summed E-state index contributed by atoms with van der Waals surface area (Å²) in [6.07, 6.45) is -0.0727. The summed E-state index contributed by atoms with van der Waals surface area (Å²) in [6, 6.07) is 3.86. The highest BCUT2D eigenvalue weighted by atomic mass is 79.9. The number of benzene rings is 1. The molecule has 150 valence electrons. The van der Waals surface area contributed by atoms with Gasteiger partial charge in [-0.25, -0.2) is 0 Å². The molecule has 0 fully saturated rings. The number of nitrogens with zero attached hydrogens (tertiary/aromatic N) is 1. The molecule has 1 aromatic carbocycles. The number of halogens is 2. The number of nitrogens with two attached hydrogens (primary N) is 1. The first-order valence-corrected chi connectivity index (χ1v) is 10.3. The van der Waals surface area contributed by atoms with Crippen LogP contribution in [0.25, 0.3) is 0 Å². The van der Waals surface area contributed by atoms with Gasteiger partial charge in [-0.15, -0.1) is 0 Å². The minimum Gasteiger partial charge on any atom is -0.490 e. The maximum Gasteiger partial charge on any atom is 0.205 e. The van der Waals surface area contributed by atoms with Crippen molar-refractivity contribution < 1.29 is 19.0 Å². The molecule has 1 aliphatic rings. The van der Waals surface area contributed by atoms with Crippen LogP contribution in [0.1, 0.15) is 46.1 Å². The first kappa shape index (κ1) is 22.3. The molecule has 2 rings (SSSR count). The van der Waals surface area contributed by atoms with Gasteiger partial charge in [-0.2, -0.15) is 5.26 Å². The van der Waals surface area contributed by atoms with E-state index < -0.39 is 5.92 Å². The van der Waals surface area contributed by atoms with E-state index in [0.717, 1.165) is 0 Å². The van der Waals surface area contributed by atoms with Crippen LogP contribution in [-0.2, 0) is 9.53 Å². The number of ether oxygens (including phenoxy) is 3. The second kappa shape index (κ2) is 9.01. The van der Waals surface area contributed by atoms with Crippen molar-refractivity contribution in [2.75, 3.05) is 6.61 Å². The van der Waals surface area contributed by atoms with Crippen molar-refractivity contribution in [2.24, 2.45) is 5.73 Å². The van der Waals surface area contributed by atoms with Crippen molar-refractivity contribution in [3.8, 4) is 17.6 Å². The molecular formula is C20H22Br2N2O4. The van der Waals surface area contributed by atoms with Gasteiger partial charge in [0.15, 0.2) is 17.3 Å². The van der Waals surface area contributed by atoms with Gasteiger partial charge in [0.05, 0.1) is 23.1 Å². The van der Waals surface area contributed by atoms with Crippen LogP contribution in [0.5, 0.6) is 11.5 Å². The zero-order valence-corrected chi connectivity index (χ0v) is 19.5. The summed E-state index contributed by atoms with van der Waals surface area (Å²) in [5.41, 5.74) is 7.15. The predicted octanol–water partition coefficient (Wildman–Crippen LogP) is 5.07. The van der Waals surface area contributed by atoms with Gasteiger partial charge >= 0.3 is 0 Å². The van der Waals surface area contributed by atoms with E-state index in [1.54, 1.807) is 13.0 Å². The summed E-state index contributed by atoms with van der Waals surface area (Å²) < 4.78 is 18.4. The monoisotopic (exact) mass is 512 g/mol. The number of rotatable bonds is 6. The van der Waals surface area contributed by atoms with E-state index >= 15 is 0 Å². The number of hydrogen-bond donors (Lipinski definition) is 1. The molecule has 2 N–H and O–H groups in total. The quantitative estimate of drug-likeness (QED) is 0.570. The molecule has 1 aliphatic heterocycles. The fourth-order valence-electron chi connectivity index (χ4n) is 3.07. The van der Waals surface area contributed by atoms with E-state index in [4.69, 9.17) is 19.9 Å². The Labute approximate surface area is 181 Å². The van der Waals surface area contributed by atoms with Crippen molar-refractivity contribution in [2.45, 2.75) is 46.6 Å². The third-order valence-corrected chi connectivity index (χ3v) is 6.25. The number of allylic oxidation sites excluding steroid dienone is 3. The Morgan fingerprint density at radius 1 is 1.39 bits per heavy atom. The lowest BCUT2D eigenvalue weighted by Crippen LogP contribution is -2.23. The highest BCUT2D eigenvalue weighted by molar-refractivity contribution is 9.13. The van der Waals surface area contributed by atoms with Crippen molar-refractivity contribution >= 4 is 37.6 Å². The highest BCUT2D eigenvalue weighted by Crippen LogP contribution is 2.49. The van der Waals surface area contributed by atoms with Crippen molar-refractivity contribution in [3.63, 3.8) is 0 Å². The maximum atomic E-state index is 12.4. The number of hydrogen-bond acceptors (Lipinski definition) is 6. The SMILES string of the molecule is CCOc1cc([C@@H]2C(C#N)=C(N)OC(C)=C2C(C)=O)c(Br)c(Br)c1OC(C)C. The van der Waals surface area contributed by atoms with E-state index in [2.05, 4.69) is 37.9 Å². The summed E-state index contributed by atoms with van der Waals surface area (Å²) in [4.78, 5) is 12.4. The summed E-state index contributed by atoms with van der Waals surface area (Å²) in [6.45, 7) is 9.22. The predicted molar refractivity (Wildman–Crippen MR) is 113 cm³/mol. The topological polar surface area (TPSA) is 94.6 Å². The van der Waals surface area contributed by atoms with Gasteiger partial charge in [0, 0.05) is 10.0 Å². The third kappa shape index (κ3) is 4.20. The van der Waals surface area contributed by atoms with E-state index in [1.807, 2.05) is 20.8 Å². The Kier molecular flexibility index (Phi) is 7.18. The normalized spacial score (nSPS) is 16.8. The third-order valence-electron chi connectivity index (χ3n) is 4.11. The molecule has 1 heterocycles. The summed E-state index contributed by atoms with van der Waals surface area (Å²) >= 11 is 7.15. The van der Waals surface area contributed by atoms with Gasteiger partial charge in [-0.1, -0.05) is 0 Å². The lowest BCUT2D eigenvalue weighted by Gasteiger charge is -2.28. The molecule has 28 heavy (non-hydrogen) atoms. The van der Waals surface area contributed by atoms with Gasteiger partial charge in [-0.05, 0) is 78.1 Å². The van der Waals surface area contributed by atoms with Crippen LogP contribution >= 0.6 is 31.9 Å². The standard InChI is InChI=1S/C20H22Br2N2O4/c1-6-26-14-7-12(17(21)18(22)19(14)27-9(2)3)16-13(8-23)20(24)28-11(5)15(16)10(4)25/h7,9,16H,6,24H2,1-5H3/t16-/m1/s1. The van der Waals surface area contributed by atoms with Crippen LogP contribution in [-0.4, -0.2) is 18.5 Å². The number of nitriles is 1. The van der Waals surface area contributed by atoms with Gasteiger partial charge < -0.3 is 19.9 Å². The highest BCUT2D eigenvalue weighted by Gasteiger charge is 2.36. The van der Waals surface area contributed by atoms with Crippen LogP contribution in [0.3, 0.4) is 0 Å². The van der Waals surface area contributed by atoms with Gasteiger partial charge in [-0.3, -0.25) is 4.79 Å². The molecule has 0 saturated heterocycles. The van der Waals surface area contributed by atoms with Gasteiger partial charge in [0.25, 0.3) is 0 Å². The molecule has 6 nitrogen and oxygen atoms in total. The first-order valence-electron chi connectivity index (χ1n) is 8.74. The van der Waals surface area contributed by atoms with Crippen LogP contribution in [0.2, 0.25) is 0 Å². The van der Waals surface area contributed by atoms with Crippen LogP contribution in [0, 0.1) is 11.3 Å². The molecule has 0 aliphatic carbocycles. The first-order chi connectivity index (χ1) is 13.1. The summed E-state index contributed by atoms with van der Waals surface area (Å²) in [5.74, 6) is 0.515. The van der Waals surface area contributed by atoms with Crippen LogP contribution < -0.4 is 15.2 Å². The average Bonchev–Trinajstić information content (AvgIpc) is 2.60. The van der Waals surface area contributed by atoms with Crippen LogP contribution in [0.15, 0.2) is 37.8 Å².